The number of rotatable bonds is 3. The number of fused-ring (bicyclic) bond motifs is 1. The molecule has 0 amide bonds. The number of ether oxygens (including phenoxy) is 1. The molecule has 7 nitrogen and oxygen atoms in total. The van der Waals surface area contributed by atoms with Crippen molar-refractivity contribution >= 4 is 23.5 Å². The van der Waals surface area contributed by atoms with Gasteiger partial charge in [0.2, 0.25) is 0 Å². The summed E-state index contributed by atoms with van der Waals surface area (Å²) in [5, 5.41) is 9.32. The van der Waals surface area contributed by atoms with Crippen LogP contribution in [0.25, 0.3) is 11.7 Å². The molecule has 1 fully saturated rings. The molecular weight excluding hydrogens is 344 g/mol. The predicted molar refractivity (Wildman–Crippen MR) is 102 cm³/mol. The number of anilines is 1. The van der Waals surface area contributed by atoms with Gasteiger partial charge in [-0.15, -0.1) is 0 Å². The number of aromatic nitrogens is 2. The number of methoxy groups -OCH3 is 1. The Kier molecular flexibility index (Phi) is 5.26. The number of nitrogens with zero attached hydrogens (tertiary/aromatic N) is 4. The van der Waals surface area contributed by atoms with E-state index in [0.29, 0.717) is 17.4 Å². The van der Waals surface area contributed by atoms with Crippen LogP contribution in [0.2, 0.25) is 0 Å². The van der Waals surface area contributed by atoms with Crippen molar-refractivity contribution < 1.29 is 9.53 Å². The Hall–Kier alpha value is -3.14. The van der Waals surface area contributed by atoms with Gasteiger partial charge in [0.1, 0.15) is 23.1 Å². The van der Waals surface area contributed by atoms with E-state index in [4.69, 9.17) is 4.98 Å². The highest BCUT2D eigenvalue weighted by Gasteiger charge is 2.24. The zero-order chi connectivity index (χ0) is 19.6. The fraction of sp³-hybridized carbons (Fsp3) is 0.400. The molecule has 1 atom stereocenters. The van der Waals surface area contributed by atoms with E-state index < -0.39 is 5.97 Å². The van der Waals surface area contributed by atoms with E-state index in [0.717, 1.165) is 31.5 Å². The lowest BCUT2D eigenvalue weighted by Gasteiger charge is -2.32. The van der Waals surface area contributed by atoms with Crippen LogP contribution in [0.4, 0.5) is 5.82 Å². The number of piperidine rings is 1. The van der Waals surface area contributed by atoms with Crippen molar-refractivity contribution in [1.29, 1.82) is 5.26 Å². The van der Waals surface area contributed by atoms with Gasteiger partial charge in [-0.05, 0) is 43.4 Å². The molecule has 2 aromatic heterocycles. The van der Waals surface area contributed by atoms with Gasteiger partial charge in [0, 0.05) is 19.3 Å². The monoisotopic (exact) mass is 366 g/mol. The molecule has 0 aliphatic carbocycles. The summed E-state index contributed by atoms with van der Waals surface area (Å²) in [5.41, 5.74) is 1.15. The SMILES string of the molecule is COC(=O)/C(C#N)=C/c1c(N2CCC[C@@H](C)C2)nc2c(C)cccn2c1=O. The van der Waals surface area contributed by atoms with E-state index in [1.165, 1.54) is 17.6 Å². The largest absolute Gasteiger partial charge is 0.465 e. The van der Waals surface area contributed by atoms with Crippen molar-refractivity contribution in [1.82, 2.24) is 9.38 Å². The number of hydrogen-bond donors (Lipinski definition) is 0. The first kappa shape index (κ1) is 18.6. The molecule has 27 heavy (non-hydrogen) atoms. The van der Waals surface area contributed by atoms with Crippen LogP contribution >= 0.6 is 0 Å². The minimum absolute atomic E-state index is 0.227. The highest BCUT2D eigenvalue weighted by Crippen LogP contribution is 2.25. The second-order valence-electron chi connectivity index (χ2n) is 6.89. The van der Waals surface area contributed by atoms with Gasteiger partial charge in [0.15, 0.2) is 0 Å². The number of nitriles is 1. The number of pyridine rings is 1. The first-order valence-corrected chi connectivity index (χ1v) is 8.93. The molecule has 1 aliphatic rings. The molecule has 0 spiro atoms. The minimum Gasteiger partial charge on any atom is -0.465 e. The van der Waals surface area contributed by atoms with Gasteiger partial charge in [-0.1, -0.05) is 13.0 Å². The van der Waals surface area contributed by atoms with Gasteiger partial charge in [0.05, 0.1) is 12.7 Å². The first-order valence-electron chi connectivity index (χ1n) is 8.93. The first-order chi connectivity index (χ1) is 13.0. The van der Waals surface area contributed by atoms with Crippen LogP contribution in [0, 0.1) is 24.2 Å². The summed E-state index contributed by atoms with van der Waals surface area (Å²) in [4.78, 5) is 31.9. The smallest absolute Gasteiger partial charge is 0.348 e. The molecule has 1 saturated heterocycles. The number of carbonyl (C=O) groups excluding carboxylic acids is 1. The topological polar surface area (TPSA) is 87.7 Å². The molecule has 2 aromatic rings. The van der Waals surface area contributed by atoms with Gasteiger partial charge in [0.25, 0.3) is 5.56 Å². The van der Waals surface area contributed by atoms with Gasteiger partial charge < -0.3 is 9.64 Å². The molecule has 3 rings (SSSR count). The Balaban J connectivity index is 2.29. The highest BCUT2D eigenvalue weighted by atomic mass is 16.5. The van der Waals surface area contributed by atoms with Crippen molar-refractivity contribution in [2.75, 3.05) is 25.1 Å². The predicted octanol–water partition coefficient (Wildman–Crippen LogP) is 2.32. The minimum atomic E-state index is -0.774. The van der Waals surface area contributed by atoms with Gasteiger partial charge in [-0.3, -0.25) is 9.20 Å². The number of hydrogen-bond acceptors (Lipinski definition) is 6. The van der Waals surface area contributed by atoms with Crippen LogP contribution in [-0.4, -0.2) is 35.6 Å². The van der Waals surface area contributed by atoms with E-state index in [1.54, 1.807) is 12.3 Å². The van der Waals surface area contributed by atoms with E-state index in [9.17, 15) is 14.9 Å². The van der Waals surface area contributed by atoms with Gasteiger partial charge in [-0.25, -0.2) is 9.78 Å². The van der Waals surface area contributed by atoms with Crippen LogP contribution in [-0.2, 0) is 9.53 Å². The molecule has 140 valence electrons. The normalized spacial score (nSPS) is 17.6. The molecule has 0 N–H and O–H groups in total. The van der Waals surface area contributed by atoms with Crippen LogP contribution in [0.15, 0.2) is 28.7 Å². The highest BCUT2D eigenvalue weighted by molar-refractivity contribution is 5.98. The number of carbonyl (C=O) groups is 1. The van der Waals surface area contributed by atoms with E-state index in [1.807, 2.05) is 19.1 Å². The van der Waals surface area contributed by atoms with Gasteiger partial charge in [-0.2, -0.15) is 5.26 Å². The van der Waals surface area contributed by atoms with Crippen molar-refractivity contribution in [3.63, 3.8) is 0 Å². The van der Waals surface area contributed by atoms with Crippen molar-refractivity contribution in [2.45, 2.75) is 26.7 Å². The molecule has 0 saturated carbocycles. The Labute approximate surface area is 157 Å². The fourth-order valence-electron chi connectivity index (χ4n) is 3.44. The van der Waals surface area contributed by atoms with Crippen molar-refractivity contribution in [3.05, 3.63) is 45.4 Å². The molecule has 7 heteroatoms. The lowest BCUT2D eigenvalue weighted by atomic mass is 10.00. The second-order valence-corrected chi connectivity index (χ2v) is 6.89. The average molecular weight is 366 g/mol. The van der Waals surface area contributed by atoms with Crippen LogP contribution in [0.5, 0.6) is 0 Å². The maximum atomic E-state index is 13.2. The molecule has 3 heterocycles. The summed E-state index contributed by atoms with van der Waals surface area (Å²) in [7, 11) is 1.20. The second kappa shape index (κ2) is 7.62. The lowest BCUT2D eigenvalue weighted by Crippen LogP contribution is -2.37. The Morgan fingerprint density at radius 2 is 2.26 bits per heavy atom. The van der Waals surface area contributed by atoms with E-state index >= 15 is 0 Å². The van der Waals surface area contributed by atoms with Crippen molar-refractivity contribution in [2.24, 2.45) is 5.92 Å². The Morgan fingerprint density at radius 1 is 1.48 bits per heavy atom. The summed E-state index contributed by atoms with van der Waals surface area (Å²) < 4.78 is 6.10. The van der Waals surface area contributed by atoms with Crippen LogP contribution < -0.4 is 10.5 Å². The van der Waals surface area contributed by atoms with Crippen LogP contribution in [0.1, 0.15) is 30.9 Å². The third kappa shape index (κ3) is 3.56. The van der Waals surface area contributed by atoms with Crippen LogP contribution in [0.3, 0.4) is 0 Å². The maximum Gasteiger partial charge on any atom is 0.348 e. The Bertz CT molecular complexity index is 1020. The Morgan fingerprint density at radius 3 is 2.93 bits per heavy atom. The molecule has 0 aromatic carbocycles. The molecular formula is C20H22N4O3. The van der Waals surface area contributed by atoms with E-state index in [2.05, 4.69) is 16.6 Å². The summed E-state index contributed by atoms with van der Waals surface area (Å²) >= 11 is 0. The van der Waals surface area contributed by atoms with Crippen molar-refractivity contribution in [3.8, 4) is 6.07 Å². The number of aryl methyl sites for hydroxylation is 1. The quantitative estimate of drug-likeness (QED) is 0.471. The standard InChI is InChI=1S/C20H22N4O3/c1-13-6-4-8-23(12-13)18-16(10-15(11-21)20(26)27-3)19(25)24-9-5-7-14(2)17(24)22-18/h5,7,9-10,13H,4,6,8,12H2,1-3H3/b15-10+/t13-/m1/s1. The lowest BCUT2D eigenvalue weighted by molar-refractivity contribution is -0.135. The average Bonchev–Trinajstić information content (AvgIpc) is 2.67. The van der Waals surface area contributed by atoms with Gasteiger partial charge >= 0.3 is 5.97 Å². The molecule has 0 unspecified atom stereocenters. The molecule has 0 bridgehead atoms. The third-order valence-electron chi connectivity index (χ3n) is 4.84. The zero-order valence-electron chi connectivity index (χ0n) is 15.7. The third-order valence-corrected chi connectivity index (χ3v) is 4.84. The molecule has 0 radical (unpaired) electrons. The van der Waals surface area contributed by atoms with E-state index in [-0.39, 0.29) is 16.7 Å². The maximum absolute atomic E-state index is 13.2. The summed E-state index contributed by atoms with van der Waals surface area (Å²) in [5.74, 6) is 0.213. The number of esters is 1. The summed E-state index contributed by atoms with van der Waals surface area (Å²) in [6, 6.07) is 5.49. The fourth-order valence-corrected chi connectivity index (χ4v) is 3.44. The summed E-state index contributed by atoms with van der Waals surface area (Å²) in [6.45, 7) is 5.61. The molecule has 1 aliphatic heterocycles. The summed E-state index contributed by atoms with van der Waals surface area (Å²) in [6.07, 6.45) is 5.06. The zero-order valence-corrected chi connectivity index (χ0v) is 15.7.